The van der Waals surface area contributed by atoms with Crippen molar-refractivity contribution < 1.29 is 9.53 Å². The third-order valence-electron chi connectivity index (χ3n) is 9.34. The predicted octanol–water partition coefficient (Wildman–Crippen LogP) is 8.50. The highest BCUT2D eigenvalue weighted by Crippen LogP contribution is 2.22. The van der Waals surface area contributed by atoms with Crippen LogP contribution in [0.1, 0.15) is 142 Å². The van der Waals surface area contributed by atoms with Crippen LogP contribution < -0.4 is 26.0 Å². The van der Waals surface area contributed by atoms with Crippen molar-refractivity contribution in [2.75, 3.05) is 0 Å². The second-order valence-electron chi connectivity index (χ2n) is 13.7. The Bertz CT molecular complexity index is 1060. The molecule has 4 aliphatic rings. The van der Waals surface area contributed by atoms with E-state index in [9.17, 15) is 4.79 Å². The average molecular weight is 621 g/mol. The van der Waals surface area contributed by atoms with Crippen LogP contribution in [0.3, 0.4) is 0 Å². The molecule has 4 fully saturated rings. The molecule has 1 aromatic carbocycles. The van der Waals surface area contributed by atoms with E-state index in [1.165, 1.54) is 108 Å². The molecule has 0 radical (unpaired) electrons. The number of carbonyl (C=O) groups excluding carboxylic acids is 1. The molecule has 0 heterocycles. The minimum atomic E-state index is -0.482. The fourth-order valence-electron chi connectivity index (χ4n) is 6.82. The molecule has 4 N–H and O–H groups in total. The molecule has 4 saturated carbocycles. The van der Waals surface area contributed by atoms with Crippen LogP contribution in [0.2, 0.25) is 0 Å². The zero-order valence-corrected chi connectivity index (χ0v) is 28.1. The van der Waals surface area contributed by atoms with E-state index in [4.69, 9.17) is 14.7 Å². The van der Waals surface area contributed by atoms with Gasteiger partial charge in [0.1, 0.15) is 5.75 Å². The zero-order chi connectivity index (χ0) is 31.5. The SMILES string of the molecule is CC(C)=CNC(=NC1CCCCC1)NC1CCCCC1.O=C(NC(=NC1CCCCC1)NC1CCCCC1)Oc1ccccc1. The van der Waals surface area contributed by atoms with Crippen LogP contribution in [-0.4, -0.2) is 42.2 Å². The van der Waals surface area contributed by atoms with Gasteiger partial charge in [-0.1, -0.05) is 101 Å². The Morgan fingerprint density at radius 1 is 0.644 bits per heavy atom. The van der Waals surface area contributed by atoms with E-state index in [0.717, 1.165) is 31.6 Å². The molecular weight excluding hydrogens is 560 g/mol. The van der Waals surface area contributed by atoms with Gasteiger partial charge in [-0.25, -0.2) is 14.8 Å². The summed E-state index contributed by atoms with van der Waals surface area (Å²) in [5.74, 6) is 2.12. The van der Waals surface area contributed by atoms with E-state index in [2.05, 4.69) is 41.3 Å². The first-order valence-corrected chi connectivity index (χ1v) is 18.2. The molecule has 0 spiro atoms. The summed E-state index contributed by atoms with van der Waals surface area (Å²) in [5, 5.41) is 13.3. The van der Waals surface area contributed by atoms with Crippen LogP contribution in [-0.2, 0) is 0 Å². The first kappa shape index (κ1) is 34.8. The summed E-state index contributed by atoms with van der Waals surface area (Å²) in [6.07, 6.45) is 26.9. The van der Waals surface area contributed by atoms with E-state index in [1.54, 1.807) is 12.1 Å². The smallest absolute Gasteiger partial charge is 0.410 e. The largest absolute Gasteiger partial charge is 0.419 e. The fourth-order valence-corrected chi connectivity index (χ4v) is 6.82. The molecule has 0 aliphatic heterocycles. The highest BCUT2D eigenvalue weighted by molar-refractivity contribution is 5.94. The van der Waals surface area contributed by atoms with Crippen molar-refractivity contribution >= 4 is 18.0 Å². The van der Waals surface area contributed by atoms with Crippen molar-refractivity contribution in [1.29, 1.82) is 0 Å². The van der Waals surface area contributed by atoms with Crippen molar-refractivity contribution in [1.82, 2.24) is 21.3 Å². The Kier molecular flexibility index (Phi) is 15.6. The summed E-state index contributed by atoms with van der Waals surface area (Å²) in [6.45, 7) is 4.23. The van der Waals surface area contributed by atoms with Crippen LogP contribution in [0.15, 0.2) is 52.1 Å². The number of allylic oxidation sites excluding steroid dienone is 1. The van der Waals surface area contributed by atoms with Gasteiger partial charge in [-0.2, -0.15) is 0 Å². The topological polar surface area (TPSA) is 99.1 Å². The highest BCUT2D eigenvalue weighted by Gasteiger charge is 2.20. The average Bonchev–Trinajstić information content (AvgIpc) is 3.06. The number of amides is 1. The second kappa shape index (κ2) is 20.2. The molecule has 0 unspecified atom stereocenters. The number of para-hydroxylation sites is 1. The normalized spacial score (nSPS) is 21.1. The van der Waals surface area contributed by atoms with Gasteiger partial charge in [-0.3, -0.25) is 5.32 Å². The number of rotatable bonds is 6. The van der Waals surface area contributed by atoms with Gasteiger partial charge >= 0.3 is 6.09 Å². The highest BCUT2D eigenvalue weighted by atomic mass is 16.6. The number of aliphatic imine (C=N–C) groups is 2. The van der Waals surface area contributed by atoms with Crippen LogP contribution >= 0.6 is 0 Å². The maximum atomic E-state index is 12.3. The molecule has 45 heavy (non-hydrogen) atoms. The van der Waals surface area contributed by atoms with Gasteiger partial charge in [0.05, 0.1) is 12.1 Å². The lowest BCUT2D eigenvalue weighted by Crippen LogP contribution is -2.48. The zero-order valence-electron chi connectivity index (χ0n) is 28.1. The van der Waals surface area contributed by atoms with E-state index >= 15 is 0 Å². The molecular formula is C37H60N6O2. The molecule has 1 amide bonds. The number of carbonyl (C=O) groups is 1. The van der Waals surface area contributed by atoms with Gasteiger partial charge in [-0.05, 0) is 77.3 Å². The number of guanidine groups is 2. The molecule has 4 aliphatic carbocycles. The van der Waals surface area contributed by atoms with E-state index < -0.39 is 6.09 Å². The van der Waals surface area contributed by atoms with E-state index in [0.29, 0.717) is 35.9 Å². The van der Waals surface area contributed by atoms with Crippen LogP contribution in [0.4, 0.5) is 4.79 Å². The molecule has 0 bridgehead atoms. The van der Waals surface area contributed by atoms with Crippen molar-refractivity contribution in [2.45, 2.75) is 166 Å². The lowest BCUT2D eigenvalue weighted by Gasteiger charge is -2.26. The Hall–Kier alpha value is -3.03. The molecule has 8 heteroatoms. The Balaban J connectivity index is 0.000000210. The second-order valence-corrected chi connectivity index (χ2v) is 13.7. The number of hydrogen-bond donors (Lipinski definition) is 4. The third-order valence-corrected chi connectivity index (χ3v) is 9.34. The molecule has 0 aromatic heterocycles. The first-order valence-electron chi connectivity index (χ1n) is 18.2. The standard InChI is InChI=1S/C20H29N3O2.C17H31N3/c24-20(25-18-14-8-3-9-15-18)23-19(21-16-10-4-1-5-11-16)22-17-12-6-2-7-13-17;1-14(2)13-18-17(19-15-9-5-3-6-10-15)20-16-11-7-4-8-12-16/h3,8-9,14-17H,1-2,4-7,10-13H2,(H2,21,22,23,24);13,15-16H,3-12H2,1-2H3,(H2,18,19,20). The van der Waals surface area contributed by atoms with Crippen molar-refractivity contribution in [3.8, 4) is 5.75 Å². The van der Waals surface area contributed by atoms with Crippen molar-refractivity contribution in [2.24, 2.45) is 9.98 Å². The van der Waals surface area contributed by atoms with E-state index in [-0.39, 0.29) is 0 Å². The minimum Gasteiger partial charge on any atom is -0.410 e. The molecule has 0 atom stereocenters. The summed E-state index contributed by atoms with van der Waals surface area (Å²) >= 11 is 0. The fraction of sp³-hybridized carbons (Fsp3) is 0.703. The van der Waals surface area contributed by atoms with Crippen LogP contribution in [0, 0.1) is 0 Å². The number of benzene rings is 1. The number of nitrogens with one attached hydrogen (secondary N) is 4. The summed E-state index contributed by atoms with van der Waals surface area (Å²) in [5.41, 5.74) is 1.28. The molecule has 5 rings (SSSR count). The number of nitrogens with zero attached hydrogens (tertiary/aromatic N) is 2. The molecule has 250 valence electrons. The van der Waals surface area contributed by atoms with Crippen molar-refractivity contribution in [3.63, 3.8) is 0 Å². The summed E-state index contributed by atoms with van der Waals surface area (Å²) in [4.78, 5) is 22.0. The van der Waals surface area contributed by atoms with E-state index in [1.807, 2.05) is 18.2 Å². The lowest BCUT2D eigenvalue weighted by molar-refractivity contribution is 0.205. The first-order chi connectivity index (χ1) is 22.0. The van der Waals surface area contributed by atoms with Gasteiger partial charge < -0.3 is 20.7 Å². The molecule has 1 aromatic rings. The summed E-state index contributed by atoms with van der Waals surface area (Å²) in [6, 6.07) is 11.0. The van der Waals surface area contributed by atoms with Crippen LogP contribution in [0.5, 0.6) is 5.75 Å². The third kappa shape index (κ3) is 14.3. The lowest BCUT2D eigenvalue weighted by atomic mass is 9.95. The maximum Gasteiger partial charge on any atom is 0.419 e. The van der Waals surface area contributed by atoms with Gasteiger partial charge in [0, 0.05) is 18.3 Å². The Morgan fingerprint density at radius 3 is 1.58 bits per heavy atom. The summed E-state index contributed by atoms with van der Waals surface area (Å²) < 4.78 is 5.35. The summed E-state index contributed by atoms with van der Waals surface area (Å²) in [7, 11) is 0. The van der Waals surface area contributed by atoms with Gasteiger partial charge in [-0.15, -0.1) is 0 Å². The van der Waals surface area contributed by atoms with Crippen LogP contribution in [0.25, 0.3) is 0 Å². The number of ether oxygens (including phenoxy) is 1. The molecule has 0 saturated heterocycles. The Labute approximate surface area is 272 Å². The van der Waals surface area contributed by atoms with Gasteiger partial charge in [0.25, 0.3) is 0 Å². The Morgan fingerprint density at radius 2 is 1.09 bits per heavy atom. The predicted molar refractivity (Wildman–Crippen MR) is 187 cm³/mol. The quantitative estimate of drug-likeness (QED) is 0.189. The molecule has 8 nitrogen and oxygen atoms in total. The number of hydrogen-bond acceptors (Lipinski definition) is 4. The van der Waals surface area contributed by atoms with Gasteiger partial charge in [0.2, 0.25) is 5.96 Å². The monoisotopic (exact) mass is 620 g/mol. The minimum absolute atomic E-state index is 0.303. The van der Waals surface area contributed by atoms with Crippen molar-refractivity contribution in [3.05, 3.63) is 42.1 Å². The van der Waals surface area contributed by atoms with Gasteiger partial charge in [0.15, 0.2) is 5.96 Å². The maximum absolute atomic E-state index is 12.3.